The van der Waals surface area contributed by atoms with E-state index in [2.05, 4.69) is 41.1 Å². The first kappa shape index (κ1) is 27.0. The second-order valence-electron chi connectivity index (χ2n) is 9.40. The van der Waals surface area contributed by atoms with Crippen LogP contribution in [0.25, 0.3) is 28.1 Å². The molecule has 0 radical (unpaired) electrons. The van der Waals surface area contributed by atoms with Gasteiger partial charge in [-0.3, -0.25) is 4.57 Å². The highest BCUT2D eigenvalue weighted by Crippen LogP contribution is 2.41. The molecule has 0 bridgehead atoms. The number of hydrogen-bond acceptors (Lipinski definition) is 11. The van der Waals surface area contributed by atoms with Crippen molar-refractivity contribution in [2.24, 2.45) is 10.2 Å². The minimum absolute atomic E-state index is 0.0600. The Hall–Kier alpha value is -4.21. The van der Waals surface area contributed by atoms with Crippen LogP contribution in [0.5, 0.6) is 5.75 Å². The molecule has 1 saturated heterocycles. The van der Waals surface area contributed by atoms with Gasteiger partial charge < -0.3 is 35.5 Å². The first-order chi connectivity index (χ1) is 19.9. The second kappa shape index (κ2) is 11.0. The summed E-state index contributed by atoms with van der Waals surface area (Å²) in [6.45, 7) is -0.152. The van der Waals surface area contributed by atoms with Crippen molar-refractivity contribution in [1.29, 1.82) is 0 Å². The van der Waals surface area contributed by atoms with Crippen LogP contribution in [0.4, 0.5) is 17.6 Å². The number of aliphatic hydroxyl groups is 3. The minimum Gasteiger partial charge on any atom is -0.504 e. The van der Waals surface area contributed by atoms with Crippen molar-refractivity contribution in [1.82, 2.24) is 24.1 Å². The predicted molar refractivity (Wildman–Crippen MR) is 154 cm³/mol. The van der Waals surface area contributed by atoms with Crippen molar-refractivity contribution in [2.75, 3.05) is 12.3 Å². The number of nitrogens with zero attached hydrogens (tertiary/aromatic N) is 7. The van der Waals surface area contributed by atoms with E-state index >= 15 is 0 Å². The lowest BCUT2D eigenvalue weighted by molar-refractivity contribution is -0.0503. The standard InChI is InChI=1S/C27H25BrN8O5/c28-15-8-9-17-16(11-15)20(38)25(35(17)10-4-7-14-5-2-1-3-6-14)33-34-27-32-19-23(29)30-13-31-24(19)36(27)26-22(40)21(39)18(12-37)41-26/h1-9,11,13,18,21-22,26,37-40H,10,12H2,(H2,29,30,31)/t18-,21-,22-,26+/m1/s1. The maximum atomic E-state index is 11.2. The molecule has 0 aliphatic carbocycles. The molecule has 6 rings (SSSR count). The largest absolute Gasteiger partial charge is 0.504 e. The molecule has 3 aromatic heterocycles. The minimum atomic E-state index is -1.44. The lowest BCUT2D eigenvalue weighted by Gasteiger charge is -2.17. The Balaban J connectivity index is 1.46. The summed E-state index contributed by atoms with van der Waals surface area (Å²) in [4.78, 5) is 12.6. The van der Waals surface area contributed by atoms with E-state index < -0.39 is 31.1 Å². The van der Waals surface area contributed by atoms with Gasteiger partial charge in [-0.05, 0) is 23.8 Å². The average Bonchev–Trinajstić information content (AvgIpc) is 3.57. The van der Waals surface area contributed by atoms with Crippen LogP contribution in [0.2, 0.25) is 0 Å². The van der Waals surface area contributed by atoms with Crippen molar-refractivity contribution < 1.29 is 25.2 Å². The van der Waals surface area contributed by atoms with E-state index in [9.17, 15) is 20.4 Å². The number of benzene rings is 2. The van der Waals surface area contributed by atoms with Gasteiger partial charge in [-0.15, -0.1) is 10.2 Å². The van der Waals surface area contributed by atoms with E-state index in [4.69, 9.17) is 10.5 Å². The first-order valence-corrected chi connectivity index (χ1v) is 13.4. The highest BCUT2D eigenvalue weighted by molar-refractivity contribution is 9.10. The molecule has 2 aromatic carbocycles. The Morgan fingerprint density at radius 2 is 1.88 bits per heavy atom. The van der Waals surface area contributed by atoms with Crippen LogP contribution in [-0.2, 0) is 11.3 Å². The Kier molecular flexibility index (Phi) is 7.23. The third-order valence-corrected chi connectivity index (χ3v) is 7.36. The first-order valence-electron chi connectivity index (χ1n) is 12.6. The van der Waals surface area contributed by atoms with Crippen LogP contribution in [-0.4, -0.2) is 69.4 Å². The van der Waals surface area contributed by atoms with E-state index in [0.29, 0.717) is 11.9 Å². The fourth-order valence-electron chi connectivity index (χ4n) is 4.85. The normalized spacial score (nSPS) is 21.3. The molecule has 6 N–H and O–H groups in total. The van der Waals surface area contributed by atoms with E-state index in [1.807, 2.05) is 54.6 Å². The summed E-state index contributed by atoms with van der Waals surface area (Å²) in [5, 5.41) is 51.1. The molecule has 1 fully saturated rings. The molecule has 5 aromatic rings. The summed E-state index contributed by atoms with van der Waals surface area (Å²) in [7, 11) is 0. The smallest absolute Gasteiger partial charge is 0.254 e. The van der Waals surface area contributed by atoms with Gasteiger partial charge >= 0.3 is 0 Å². The van der Waals surface area contributed by atoms with Gasteiger partial charge in [0.15, 0.2) is 34.8 Å². The molecular formula is C27H25BrN8O5. The molecule has 4 heterocycles. The summed E-state index contributed by atoms with van der Waals surface area (Å²) in [6.07, 6.45) is 0.0736. The molecule has 0 amide bonds. The number of nitrogen functional groups attached to an aromatic ring is 1. The Labute approximate surface area is 241 Å². The van der Waals surface area contributed by atoms with Gasteiger partial charge in [0.25, 0.3) is 5.95 Å². The molecular weight excluding hydrogens is 596 g/mol. The number of nitrogens with two attached hydrogens (primary N) is 1. The van der Waals surface area contributed by atoms with Gasteiger partial charge in [0, 0.05) is 16.4 Å². The zero-order valence-corrected chi connectivity index (χ0v) is 22.9. The number of aliphatic hydroxyl groups excluding tert-OH is 3. The summed E-state index contributed by atoms with van der Waals surface area (Å²) in [6, 6.07) is 15.3. The average molecular weight is 621 g/mol. The lowest BCUT2D eigenvalue weighted by Crippen LogP contribution is -2.33. The number of halogens is 1. The summed E-state index contributed by atoms with van der Waals surface area (Å²) >= 11 is 3.45. The Morgan fingerprint density at radius 1 is 1.07 bits per heavy atom. The van der Waals surface area contributed by atoms with E-state index in [1.165, 1.54) is 10.9 Å². The third kappa shape index (κ3) is 4.85. The number of hydrogen-bond donors (Lipinski definition) is 5. The summed E-state index contributed by atoms with van der Waals surface area (Å²) < 4.78 is 9.63. The number of azo groups is 1. The lowest BCUT2D eigenvalue weighted by atomic mass is 10.1. The van der Waals surface area contributed by atoms with Crippen molar-refractivity contribution in [2.45, 2.75) is 31.1 Å². The van der Waals surface area contributed by atoms with Crippen LogP contribution < -0.4 is 5.73 Å². The number of ether oxygens (including phenoxy) is 1. The van der Waals surface area contributed by atoms with E-state index in [0.717, 1.165) is 15.6 Å². The number of imidazole rings is 1. The SMILES string of the molecule is Nc1ncnc2c1nc(N=Nc1c(O)c3cc(Br)ccc3n1CC=Cc1ccccc1)n2[C@H]1O[C@H](CO)[C@@H](O)[C@H]1O. The summed E-state index contributed by atoms with van der Waals surface area (Å²) in [5.74, 6) is 0.0618. The van der Waals surface area contributed by atoms with Crippen molar-refractivity contribution in [3.63, 3.8) is 0 Å². The van der Waals surface area contributed by atoms with Gasteiger partial charge in [0.2, 0.25) is 0 Å². The van der Waals surface area contributed by atoms with Crippen LogP contribution in [0.3, 0.4) is 0 Å². The molecule has 210 valence electrons. The monoisotopic (exact) mass is 620 g/mol. The number of aromatic hydroxyl groups is 1. The Bertz CT molecular complexity index is 1790. The molecule has 13 nitrogen and oxygen atoms in total. The Morgan fingerprint density at radius 3 is 2.63 bits per heavy atom. The molecule has 0 spiro atoms. The van der Waals surface area contributed by atoms with Gasteiger partial charge in [0.1, 0.15) is 24.6 Å². The summed E-state index contributed by atoms with van der Waals surface area (Å²) in [5.41, 5.74) is 8.13. The van der Waals surface area contributed by atoms with Crippen molar-refractivity contribution >= 4 is 61.7 Å². The maximum absolute atomic E-state index is 11.2. The van der Waals surface area contributed by atoms with Crippen LogP contribution in [0.15, 0.2) is 75.6 Å². The number of fused-ring (bicyclic) bond motifs is 2. The third-order valence-electron chi connectivity index (χ3n) is 6.86. The van der Waals surface area contributed by atoms with E-state index in [1.54, 1.807) is 10.6 Å². The van der Waals surface area contributed by atoms with Crippen LogP contribution in [0.1, 0.15) is 11.8 Å². The molecule has 4 atom stereocenters. The van der Waals surface area contributed by atoms with Crippen LogP contribution in [0, 0.1) is 0 Å². The zero-order chi connectivity index (χ0) is 28.7. The highest BCUT2D eigenvalue weighted by Gasteiger charge is 2.45. The second-order valence-corrected chi connectivity index (χ2v) is 10.3. The zero-order valence-electron chi connectivity index (χ0n) is 21.4. The number of rotatable bonds is 7. The van der Waals surface area contributed by atoms with Gasteiger partial charge in [-0.25, -0.2) is 15.0 Å². The fourth-order valence-corrected chi connectivity index (χ4v) is 5.21. The number of anilines is 1. The predicted octanol–water partition coefficient (Wildman–Crippen LogP) is 3.57. The van der Waals surface area contributed by atoms with Crippen molar-refractivity contribution in [3.05, 3.63) is 71.0 Å². The van der Waals surface area contributed by atoms with Gasteiger partial charge in [-0.1, -0.05) is 58.4 Å². The number of allylic oxidation sites excluding steroid dienone is 1. The van der Waals surface area contributed by atoms with Gasteiger partial charge in [-0.2, -0.15) is 0 Å². The molecule has 14 heteroatoms. The van der Waals surface area contributed by atoms with E-state index in [-0.39, 0.29) is 34.5 Å². The van der Waals surface area contributed by atoms with Gasteiger partial charge in [0.05, 0.1) is 12.1 Å². The topological polar surface area (TPSA) is 189 Å². The fraction of sp³-hybridized carbons (Fsp3) is 0.222. The molecule has 0 unspecified atom stereocenters. The molecule has 41 heavy (non-hydrogen) atoms. The van der Waals surface area contributed by atoms with Crippen molar-refractivity contribution in [3.8, 4) is 5.75 Å². The quantitative estimate of drug-likeness (QED) is 0.169. The number of aromatic nitrogens is 5. The molecule has 1 aliphatic rings. The highest BCUT2D eigenvalue weighted by atomic mass is 79.9. The molecule has 0 saturated carbocycles. The van der Waals surface area contributed by atoms with Crippen LogP contribution >= 0.6 is 15.9 Å². The molecule has 1 aliphatic heterocycles. The maximum Gasteiger partial charge on any atom is 0.254 e.